The van der Waals surface area contributed by atoms with Gasteiger partial charge in [0.25, 0.3) is 0 Å². The highest BCUT2D eigenvalue weighted by atomic mass is 16.3. The number of carbonyl (C=O) groups excluding carboxylic acids is 1. The monoisotopic (exact) mass is 222 g/mol. The Hall–Kier alpha value is -1.42. The molecule has 0 saturated carbocycles. The van der Waals surface area contributed by atoms with Crippen LogP contribution in [-0.4, -0.2) is 35.6 Å². The van der Waals surface area contributed by atoms with E-state index in [9.17, 15) is 4.79 Å². The van der Waals surface area contributed by atoms with Gasteiger partial charge in [-0.15, -0.1) is 0 Å². The Morgan fingerprint density at radius 1 is 1.44 bits per heavy atom. The van der Waals surface area contributed by atoms with Crippen LogP contribution in [0.3, 0.4) is 0 Å². The molecule has 0 aliphatic heterocycles. The lowest BCUT2D eigenvalue weighted by molar-refractivity contribution is 0.0983. The molecule has 1 rings (SSSR count). The average Bonchev–Trinajstić information content (AvgIpc) is 2.35. The van der Waals surface area contributed by atoms with Gasteiger partial charge < -0.3 is 10.0 Å². The van der Waals surface area contributed by atoms with Gasteiger partial charge in [-0.25, -0.2) is 0 Å². The number of hydrogen-bond acceptors (Lipinski definition) is 4. The molecule has 0 unspecified atom stereocenters. The van der Waals surface area contributed by atoms with E-state index >= 15 is 0 Å². The van der Waals surface area contributed by atoms with E-state index in [2.05, 4.69) is 4.98 Å². The maximum atomic E-state index is 11.4. The quantitative estimate of drug-likeness (QED) is 0.741. The molecule has 0 atom stereocenters. The van der Waals surface area contributed by atoms with E-state index in [1.165, 1.54) is 0 Å². The Morgan fingerprint density at radius 3 is 2.62 bits per heavy atom. The number of rotatable bonds is 6. The van der Waals surface area contributed by atoms with Crippen molar-refractivity contribution in [1.29, 1.82) is 0 Å². The average molecular weight is 222 g/mol. The minimum absolute atomic E-state index is 0.0526. The number of hydrogen-bond donors (Lipinski definition) is 1. The first kappa shape index (κ1) is 12.6. The Labute approximate surface area is 95.9 Å². The van der Waals surface area contributed by atoms with E-state index < -0.39 is 0 Å². The molecule has 88 valence electrons. The minimum Gasteiger partial charge on any atom is -0.395 e. The largest absolute Gasteiger partial charge is 0.395 e. The van der Waals surface area contributed by atoms with Crippen LogP contribution in [0.1, 0.15) is 30.8 Å². The second kappa shape index (κ2) is 6.23. The molecule has 0 spiro atoms. The first-order chi connectivity index (χ1) is 7.72. The predicted molar refractivity (Wildman–Crippen MR) is 63.8 cm³/mol. The maximum absolute atomic E-state index is 11.4. The van der Waals surface area contributed by atoms with Crippen LogP contribution in [0.25, 0.3) is 0 Å². The van der Waals surface area contributed by atoms with Gasteiger partial charge in [0.05, 0.1) is 18.5 Å². The molecule has 1 aromatic heterocycles. The Bertz CT molecular complexity index is 335. The summed E-state index contributed by atoms with van der Waals surface area (Å²) in [5.41, 5.74) is 1.44. The molecule has 1 aromatic rings. The van der Waals surface area contributed by atoms with Crippen molar-refractivity contribution < 1.29 is 9.90 Å². The van der Waals surface area contributed by atoms with Crippen LogP contribution in [0.15, 0.2) is 18.3 Å². The summed E-state index contributed by atoms with van der Waals surface area (Å²) >= 11 is 0. The van der Waals surface area contributed by atoms with Crippen LogP contribution in [0.2, 0.25) is 0 Å². The summed E-state index contributed by atoms with van der Waals surface area (Å²) in [5.74, 6) is 0.0526. The van der Waals surface area contributed by atoms with Crippen LogP contribution < -0.4 is 4.90 Å². The van der Waals surface area contributed by atoms with E-state index in [0.717, 1.165) is 12.2 Å². The van der Waals surface area contributed by atoms with E-state index in [1.54, 1.807) is 12.3 Å². The third kappa shape index (κ3) is 3.03. The Morgan fingerprint density at radius 2 is 2.19 bits per heavy atom. The van der Waals surface area contributed by atoms with Gasteiger partial charge in [0.2, 0.25) is 0 Å². The predicted octanol–water partition coefficient (Wildman–Crippen LogP) is 1.49. The normalized spacial score (nSPS) is 10.2. The van der Waals surface area contributed by atoms with Crippen molar-refractivity contribution in [3.05, 3.63) is 24.0 Å². The van der Waals surface area contributed by atoms with Crippen LogP contribution in [0, 0.1) is 0 Å². The summed E-state index contributed by atoms with van der Waals surface area (Å²) in [7, 11) is 0. The van der Waals surface area contributed by atoms with E-state index in [0.29, 0.717) is 18.7 Å². The van der Waals surface area contributed by atoms with Gasteiger partial charge in [-0.2, -0.15) is 0 Å². The third-order valence-corrected chi connectivity index (χ3v) is 2.47. The number of anilines is 1. The molecule has 0 amide bonds. The number of aliphatic hydroxyl groups is 1. The first-order valence-corrected chi connectivity index (χ1v) is 5.58. The number of Topliss-reactive ketones (excluding diaryl/α,β-unsaturated/α-hetero) is 1. The fraction of sp³-hybridized carbons (Fsp3) is 0.500. The fourth-order valence-electron chi connectivity index (χ4n) is 1.51. The van der Waals surface area contributed by atoms with Gasteiger partial charge in [0, 0.05) is 19.5 Å². The van der Waals surface area contributed by atoms with Crippen LogP contribution >= 0.6 is 0 Å². The molecular weight excluding hydrogens is 204 g/mol. The number of pyridine rings is 1. The topological polar surface area (TPSA) is 53.4 Å². The molecule has 0 fully saturated rings. The minimum atomic E-state index is 0.0526. The zero-order chi connectivity index (χ0) is 12.0. The zero-order valence-corrected chi connectivity index (χ0v) is 9.81. The molecule has 0 aliphatic rings. The van der Waals surface area contributed by atoms with Gasteiger partial charge >= 0.3 is 0 Å². The van der Waals surface area contributed by atoms with Crippen molar-refractivity contribution in [3.63, 3.8) is 0 Å². The Balaban J connectivity index is 2.80. The van der Waals surface area contributed by atoms with Gasteiger partial charge in [-0.05, 0) is 19.1 Å². The second-order valence-corrected chi connectivity index (χ2v) is 3.48. The summed E-state index contributed by atoms with van der Waals surface area (Å²) in [4.78, 5) is 17.5. The molecule has 0 bridgehead atoms. The number of carbonyl (C=O) groups is 1. The number of aliphatic hydroxyl groups excluding tert-OH is 1. The molecule has 0 aromatic carbocycles. The van der Waals surface area contributed by atoms with Crippen LogP contribution in [-0.2, 0) is 0 Å². The van der Waals surface area contributed by atoms with Crippen molar-refractivity contribution in [2.45, 2.75) is 20.3 Å². The lowest BCUT2D eigenvalue weighted by Gasteiger charge is -2.21. The standard InChI is InChI=1S/C12H18N2O2/c1-3-12(16)11-6-5-10(9-13-11)14(4-2)7-8-15/h5-6,9,15H,3-4,7-8H2,1-2H3. The highest BCUT2D eigenvalue weighted by molar-refractivity contribution is 5.94. The molecule has 4 nitrogen and oxygen atoms in total. The van der Waals surface area contributed by atoms with Gasteiger partial charge in [-0.1, -0.05) is 6.92 Å². The zero-order valence-electron chi connectivity index (χ0n) is 9.81. The summed E-state index contributed by atoms with van der Waals surface area (Å²) in [6.07, 6.45) is 2.16. The van der Waals surface area contributed by atoms with Crippen molar-refractivity contribution in [2.75, 3.05) is 24.6 Å². The highest BCUT2D eigenvalue weighted by Crippen LogP contribution is 2.13. The van der Waals surface area contributed by atoms with E-state index in [-0.39, 0.29) is 12.4 Å². The molecular formula is C12H18N2O2. The number of likely N-dealkylation sites (N-methyl/N-ethyl adjacent to an activating group) is 1. The SMILES string of the molecule is CCC(=O)c1ccc(N(CC)CCO)cn1. The van der Waals surface area contributed by atoms with Gasteiger partial charge in [-0.3, -0.25) is 9.78 Å². The fourth-order valence-corrected chi connectivity index (χ4v) is 1.51. The van der Waals surface area contributed by atoms with Gasteiger partial charge in [0.15, 0.2) is 5.78 Å². The second-order valence-electron chi connectivity index (χ2n) is 3.48. The maximum Gasteiger partial charge on any atom is 0.180 e. The number of aromatic nitrogens is 1. The van der Waals surface area contributed by atoms with Crippen molar-refractivity contribution in [3.8, 4) is 0 Å². The van der Waals surface area contributed by atoms with Crippen molar-refractivity contribution in [2.24, 2.45) is 0 Å². The van der Waals surface area contributed by atoms with Crippen molar-refractivity contribution in [1.82, 2.24) is 4.98 Å². The van der Waals surface area contributed by atoms with Gasteiger partial charge in [0.1, 0.15) is 5.69 Å². The third-order valence-electron chi connectivity index (χ3n) is 2.47. The summed E-state index contributed by atoms with van der Waals surface area (Å²) < 4.78 is 0. The highest BCUT2D eigenvalue weighted by Gasteiger charge is 2.07. The Kier molecular flexibility index (Phi) is 4.92. The van der Waals surface area contributed by atoms with Crippen LogP contribution in [0.5, 0.6) is 0 Å². The lowest BCUT2D eigenvalue weighted by Crippen LogP contribution is -2.26. The molecule has 0 aliphatic carbocycles. The van der Waals surface area contributed by atoms with Crippen LogP contribution in [0.4, 0.5) is 5.69 Å². The first-order valence-electron chi connectivity index (χ1n) is 5.58. The summed E-state index contributed by atoms with van der Waals surface area (Å²) in [6.45, 7) is 5.34. The molecule has 4 heteroatoms. The van der Waals surface area contributed by atoms with E-state index in [1.807, 2.05) is 24.8 Å². The number of nitrogens with zero attached hydrogens (tertiary/aromatic N) is 2. The molecule has 1 heterocycles. The molecule has 16 heavy (non-hydrogen) atoms. The molecule has 1 N–H and O–H groups in total. The molecule has 0 saturated heterocycles. The number of ketones is 1. The lowest BCUT2D eigenvalue weighted by atomic mass is 10.2. The summed E-state index contributed by atoms with van der Waals surface area (Å²) in [5, 5.41) is 8.89. The molecule has 0 radical (unpaired) electrons. The van der Waals surface area contributed by atoms with Crippen molar-refractivity contribution >= 4 is 11.5 Å². The summed E-state index contributed by atoms with van der Waals surface area (Å²) in [6, 6.07) is 3.61. The smallest absolute Gasteiger partial charge is 0.180 e. The van der Waals surface area contributed by atoms with E-state index in [4.69, 9.17) is 5.11 Å².